The Bertz CT molecular complexity index is 1490. The van der Waals surface area contributed by atoms with Gasteiger partial charge in [0.05, 0.1) is 0 Å². The number of hydrogen-bond donors (Lipinski definition) is 0. The van der Waals surface area contributed by atoms with E-state index in [0.29, 0.717) is 5.02 Å². The minimum atomic E-state index is 0.692. The molecule has 0 aliphatic rings. The Balaban J connectivity index is 1.66. The summed E-state index contributed by atoms with van der Waals surface area (Å²) in [5.41, 5.74) is 4.19. The Morgan fingerprint density at radius 1 is 0.667 bits per heavy atom. The smallest absolute Gasteiger partial charge is 0.136 e. The number of furan rings is 1. The molecule has 6 aromatic rings. The van der Waals surface area contributed by atoms with E-state index in [1.165, 1.54) is 31.3 Å². The Morgan fingerprint density at radius 2 is 1.56 bits per heavy atom. The number of hydrogen-bond acceptors (Lipinski definition) is 2. The average molecular weight is 385 g/mol. The predicted octanol–water partition coefficient (Wildman–Crippen LogP) is 8.27. The quantitative estimate of drug-likeness (QED) is 0.278. The van der Waals surface area contributed by atoms with Gasteiger partial charge in [0, 0.05) is 42.0 Å². The summed E-state index contributed by atoms with van der Waals surface area (Å²) < 4.78 is 8.63. The summed E-state index contributed by atoms with van der Waals surface area (Å²) in [6, 6.07) is 27.4. The summed E-state index contributed by atoms with van der Waals surface area (Å²) in [5, 5.41) is 5.55. The van der Waals surface area contributed by atoms with Gasteiger partial charge in [-0.25, -0.2) is 0 Å². The van der Waals surface area contributed by atoms with Crippen LogP contribution in [0.5, 0.6) is 0 Å². The van der Waals surface area contributed by atoms with Gasteiger partial charge in [0.2, 0.25) is 0 Å². The third-order valence-electron chi connectivity index (χ3n) is 5.15. The Morgan fingerprint density at radius 3 is 2.52 bits per heavy atom. The van der Waals surface area contributed by atoms with Gasteiger partial charge in [0.25, 0.3) is 0 Å². The molecule has 0 N–H and O–H groups in total. The summed E-state index contributed by atoms with van der Waals surface area (Å²) in [5.74, 6) is 0. The number of fused-ring (bicyclic) bond motifs is 6. The highest BCUT2D eigenvalue weighted by Gasteiger charge is 2.13. The predicted molar refractivity (Wildman–Crippen MR) is 117 cm³/mol. The van der Waals surface area contributed by atoms with Crippen LogP contribution in [0.2, 0.25) is 5.02 Å². The van der Waals surface area contributed by atoms with Gasteiger partial charge in [-0.15, -0.1) is 11.3 Å². The van der Waals surface area contributed by atoms with Crippen LogP contribution in [0.15, 0.2) is 83.3 Å². The second-order valence-electron chi connectivity index (χ2n) is 6.73. The summed E-state index contributed by atoms with van der Waals surface area (Å²) >= 11 is 7.97. The van der Waals surface area contributed by atoms with E-state index < -0.39 is 0 Å². The first kappa shape index (κ1) is 15.3. The Kier molecular flexibility index (Phi) is 3.16. The van der Waals surface area contributed by atoms with Crippen molar-refractivity contribution < 1.29 is 4.42 Å². The standard InChI is InChI=1S/C24H13ClOS/c25-15-9-10-17-20-12-14(8-11-21(20)26-22(17)13-15)16-5-3-6-19-18-4-1-2-7-23(18)27-24(16)19/h1-13H. The minimum Gasteiger partial charge on any atom is -0.456 e. The number of halogens is 1. The lowest BCUT2D eigenvalue weighted by Gasteiger charge is -2.04. The molecule has 2 aromatic heterocycles. The van der Waals surface area contributed by atoms with Crippen LogP contribution >= 0.6 is 22.9 Å². The molecule has 0 saturated heterocycles. The Hall–Kier alpha value is -2.81. The second-order valence-corrected chi connectivity index (χ2v) is 8.22. The highest BCUT2D eigenvalue weighted by Crippen LogP contribution is 2.41. The Labute approximate surface area is 164 Å². The molecule has 0 amide bonds. The van der Waals surface area contributed by atoms with E-state index in [0.717, 1.165) is 21.9 Å². The largest absolute Gasteiger partial charge is 0.456 e. The molecule has 0 bridgehead atoms. The summed E-state index contributed by atoms with van der Waals surface area (Å²) in [6.07, 6.45) is 0. The number of rotatable bonds is 1. The fourth-order valence-corrected chi connectivity index (χ4v) is 5.29. The first-order valence-electron chi connectivity index (χ1n) is 8.80. The molecule has 3 heteroatoms. The molecule has 27 heavy (non-hydrogen) atoms. The van der Waals surface area contributed by atoms with Crippen molar-refractivity contribution in [3.05, 3.63) is 83.9 Å². The zero-order chi connectivity index (χ0) is 18.0. The molecular weight excluding hydrogens is 372 g/mol. The highest BCUT2D eigenvalue weighted by molar-refractivity contribution is 7.26. The molecule has 0 atom stereocenters. The molecule has 0 aliphatic carbocycles. The van der Waals surface area contributed by atoms with Gasteiger partial charge in [0.1, 0.15) is 11.2 Å². The van der Waals surface area contributed by atoms with Crippen LogP contribution in [-0.2, 0) is 0 Å². The van der Waals surface area contributed by atoms with Crippen molar-refractivity contribution in [2.24, 2.45) is 0 Å². The second kappa shape index (κ2) is 5.59. The minimum absolute atomic E-state index is 0.692. The zero-order valence-corrected chi connectivity index (χ0v) is 15.8. The van der Waals surface area contributed by atoms with Crippen molar-refractivity contribution in [3.63, 3.8) is 0 Å². The molecule has 0 saturated carbocycles. The van der Waals surface area contributed by atoms with Crippen LogP contribution in [0.4, 0.5) is 0 Å². The molecule has 2 heterocycles. The molecule has 0 unspecified atom stereocenters. The fourth-order valence-electron chi connectivity index (χ4n) is 3.89. The third-order valence-corrected chi connectivity index (χ3v) is 6.60. The van der Waals surface area contributed by atoms with Crippen molar-refractivity contribution in [1.29, 1.82) is 0 Å². The maximum atomic E-state index is 6.12. The zero-order valence-electron chi connectivity index (χ0n) is 14.2. The molecule has 0 radical (unpaired) electrons. The lowest BCUT2D eigenvalue weighted by atomic mass is 10.0. The maximum absolute atomic E-state index is 6.12. The van der Waals surface area contributed by atoms with Crippen LogP contribution in [0.25, 0.3) is 53.2 Å². The van der Waals surface area contributed by atoms with E-state index in [2.05, 4.69) is 60.7 Å². The first-order chi connectivity index (χ1) is 13.3. The molecule has 4 aromatic carbocycles. The molecule has 0 aliphatic heterocycles. The first-order valence-corrected chi connectivity index (χ1v) is 10.00. The molecule has 6 rings (SSSR count). The van der Waals surface area contributed by atoms with E-state index in [4.69, 9.17) is 16.0 Å². The third kappa shape index (κ3) is 2.24. The number of thiophene rings is 1. The van der Waals surface area contributed by atoms with Crippen LogP contribution in [0.3, 0.4) is 0 Å². The molecule has 128 valence electrons. The van der Waals surface area contributed by atoms with E-state index in [1.54, 1.807) is 0 Å². The average Bonchev–Trinajstić information content (AvgIpc) is 3.24. The topological polar surface area (TPSA) is 13.1 Å². The van der Waals surface area contributed by atoms with Crippen molar-refractivity contribution in [2.75, 3.05) is 0 Å². The van der Waals surface area contributed by atoms with Crippen molar-refractivity contribution >= 4 is 65.0 Å². The van der Waals surface area contributed by atoms with Gasteiger partial charge < -0.3 is 4.42 Å². The van der Waals surface area contributed by atoms with Gasteiger partial charge in [0.15, 0.2) is 0 Å². The fraction of sp³-hybridized carbons (Fsp3) is 0. The SMILES string of the molecule is Clc1ccc2c(c1)oc1ccc(-c3cccc4c3sc3ccccc34)cc12. The van der Waals surface area contributed by atoms with E-state index in [-0.39, 0.29) is 0 Å². The van der Waals surface area contributed by atoms with E-state index in [9.17, 15) is 0 Å². The normalized spacial score (nSPS) is 11.9. The summed E-state index contributed by atoms with van der Waals surface area (Å²) in [6.45, 7) is 0. The number of benzene rings is 4. The van der Waals surface area contributed by atoms with Crippen LogP contribution in [0.1, 0.15) is 0 Å². The van der Waals surface area contributed by atoms with Crippen LogP contribution < -0.4 is 0 Å². The van der Waals surface area contributed by atoms with Crippen molar-refractivity contribution in [3.8, 4) is 11.1 Å². The van der Waals surface area contributed by atoms with Crippen LogP contribution in [-0.4, -0.2) is 0 Å². The summed E-state index contributed by atoms with van der Waals surface area (Å²) in [4.78, 5) is 0. The van der Waals surface area contributed by atoms with E-state index in [1.807, 2.05) is 29.5 Å². The lowest BCUT2D eigenvalue weighted by molar-refractivity contribution is 0.669. The van der Waals surface area contributed by atoms with Gasteiger partial charge in [-0.3, -0.25) is 0 Å². The van der Waals surface area contributed by atoms with Gasteiger partial charge in [-0.2, -0.15) is 0 Å². The lowest BCUT2D eigenvalue weighted by Crippen LogP contribution is -1.78. The summed E-state index contributed by atoms with van der Waals surface area (Å²) in [7, 11) is 0. The monoisotopic (exact) mass is 384 g/mol. The molecule has 0 spiro atoms. The maximum Gasteiger partial charge on any atom is 0.136 e. The highest BCUT2D eigenvalue weighted by atomic mass is 35.5. The van der Waals surface area contributed by atoms with Crippen molar-refractivity contribution in [2.45, 2.75) is 0 Å². The van der Waals surface area contributed by atoms with Crippen molar-refractivity contribution in [1.82, 2.24) is 0 Å². The van der Waals surface area contributed by atoms with Gasteiger partial charge >= 0.3 is 0 Å². The molecule has 0 fully saturated rings. The van der Waals surface area contributed by atoms with Crippen LogP contribution in [0, 0.1) is 0 Å². The van der Waals surface area contributed by atoms with Gasteiger partial charge in [-0.1, -0.05) is 54.1 Å². The van der Waals surface area contributed by atoms with E-state index >= 15 is 0 Å². The molecule has 1 nitrogen and oxygen atoms in total. The molecular formula is C24H13ClOS. The van der Waals surface area contributed by atoms with Gasteiger partial charge in [-0.05, 0) is 41.5 Å².